The van der Waals surface area contributed by atoms with Gasteiger partial charge in [0.2, 0.25) is 5.91 Å². The van der Waals surface area contributed by atoms with Gasteiger partial charge in [-0.25, -0.2) is 0 Å². The molecule has 15 heavy (non-hydrogen) atoms. The van der Waals surface area contributed by atoms with Crippen LogP contribution < -0.4 is 11.1 Å². The van der Waals surface area contributed by atoms with Gasteiger partial charge in [0, 0.05) is 11.0 Å². The highest BCUT2D eigenvalue weighted by atomic mass is 79.9. The first-order valence-electron chi connectivity index (χ1n) is 4.47. The van der Waals surface area contributed by atoms with E-state index >= 15 is 0 Å². The van der Waals surface area contributed by atoms with E-state index in [1.807, 2.05) is 18.2 Å². The molecule has 0 aliphatic rings. The van der Waals surface area contributed by atoms with Crippen LogP contribution in [0.25, 0.3) is 0 Å². The van der Waals surface area contributed by atoms with E-state index in [4.69, 9.17) is 17.3 Å². The lowest BCUT2D eigenvalue weighted by Crippen LogP contribution is -2.38. The zero-order valence-corrected chi connectivity index (χ0v) is 10.6. The van der Waals surface area contributed by atoms with Crippen LogP contribution in [0.15, 0.2) is 22.7 Å². The first-order chi connectivity index (χ1) is 7.00. The van der Waals surface area contributed by atoms with Crippen molar-refractivity contribution >= 4 is 33.4 Å². The van der Waals surface area contributed by atoms with Gasteiger partial charge in [-0.3, -0.25) is 4.79 Å². The third kappa shape index (κ3) is 3.81. The van der Waals surface area contributed by atoms with Crippen molar-refractivity contribution in [1.82, 2.24) is 5.32 Å². The molecule has 0 fully saturated rings. The van der Waals surface area contributed by atoms with Crippen molar-refractivity contribution < 1.29 is 4.79 Å². The number of hydrogen-bond donors (Lipinski definition) is 2. The first kappa shape index (κ1) is 12.5. The molecule has 5 heteroatoms. The smallest absolute Gasteiger partial charge is 0.234 e. The standard InChI is InChI=1S/C10H12BrClN2O/c1-6(10(13)15)14-5-7-2-3-8(11)9(12)4-7/h2-4,6,14H,5H2,1H3,(H2,13,15). The van der Waals surface area contributed by atoms with Gasteiger partial charge in [-0.1, -0.05) is 17.7 Å². The maximum Gasteiger partial charge on any atom is 0.234 e. The van der Waals surface area contributed by atoms with E-state index in [0.717, 1.165) is 10.0 Å². The van der Waals surface area contributed by atoms with E-state index in [2.05, 4.69) is 21.2 Å². The number of rotatable bonds is 4. The van der Waals surface area contributed by atoms with Gasteiger partial charge in [-0.05, 0) is 40.5 Å². The third-order valence-electron chi connectivity index (χ3n) is 2.02. The van der Waals surface area contributed by atoms with Gasteiger partial charge in [0.15, 0.2) is 0 Å². The van der Waals surface area contributed by atoms with Crippen LogP contribution in [-0.4, -0.2) is 11.9 Å². The van der Waals surface area contributed by atoms with Crippen molar-refractivity contribution in [2.24, 2.45) is 5.73 Å². The Hall–Kier alpha value is -0.580. The normalized spacial score (nSPS) is 12.5. The summed E-state index contributed by atoms with van der Waals surface area (Å²) in [7, 11) is 0. The van der Waals surface area contributed by atoms with Crippen molar-refractivity contribution in [2.75, 3.05) is 0 Å². The molecule has 1 atom stereocenters. The molecule has 1 amide bonds. The molecule has 3 nitrogen and oxygen atoms in total. The minimum absolute atomic E-state index is 0.340. The summed E-state index contributed by atoms with van der Waals surface area (Å²) in [6.07, 6.45) is 0. The SMILES string of the molecule is CC(NCc1ccc(Br)c(Cl)c1)C(N)=O. The number of nitrogens with two attached hydrogens (primary N) is 1. The Bertz CT molecular complexity index is 370. The molecule has 0 aliphatic heterocycles. The average Bonchev–Trinajstić information content (AvgIpc) is 2.19. The van der Waals surface area contributed by atoms with E-state index in [0.29, 0.717) is 11.6 Å². The molecule has 1 unspecified atom stereocenters. The summed E-state index contributed by atoms with van der Waals surface area (Å²) in [6, 6.07) is 5.30. The summed E-state index contributed by atoms with van der Waals surface area (Å²) >= 11 is 9.23. The lowest BCUT2D eigenvalue weighted by Gasteiger charge is -2.10. The monoisotopic (exact) mass is 290 g/mol. The number of nitrogens with one attached hydrogen (secondary N) is 1. The van der Waals surface area contributed by atoms with Crippen LogP contribution in [0.5, 0.6) is 0 Å². The van der Waals surface area contributed by atoms with Gasteiger partial charge >= 0.3 is 0 Å². The molecule has 82 valence electrons. The predicted molar refractivity (Wildman–Crippen MR) is 64.6 cm³/mol. The zero-order valence-electron chi connectivity index (χ0n) is 8.26. The quantitative estimate of drug-likeness (QED) is 0.892. The maximum atomic E-state index is 10.8. The fourth-order valence-corrected chi connectivity index (χ4v) is 1.47. The molecule has 1 aromatic rings. The molecule has 0 heterocycles. The van der Waals surface area contributed by atoms with Crippen LogP contribution in [-0.2, 0) is 11.3 Å². The second-order valence-electron chi connectivity index (χ2n) is 3.25. The maximum absolute atomic E-state index is 10.8. The number of carbonyl (C=O) groups is 1. The highest BCUT2D eigenvalue weighted by Crippen LogP contribution is 2.23. The Morgan fingerprint density at radius 2 is 2.33 bits per heavy atom. The first-order valence-corrected chi connectivity index (χ1v) is 5.64. The number of primary amides is 1. The van der Waals surface area contributed by atoms with Crippen LogP contribution in [0.3, 0.4) is 0 Å². The minimum Gasteiger partial charge on any atom is -0.368 e. The molecular weight excluding hydrogens is 279 g/mol. The highest BCUT2D eigenvalue weighted by molar-refractivity contribution is 9.10. The Kier molecular flexibility index (Phi) is 4.57. The third-order valence-corrected chi connectivity index (χ3v) is 3.26. The number of carbonyl (C=O) groups excluding carboxylic acids is 1. The lowest BCUT2D eigenvalue weighted by atomic mass is 10.2. The van der Waals surface area contributed by atoms with Crippen LogP contribution in [0, 0.1) is 0 Å². The molecule has 1 aromatic carbocycles. The van der Waals surface area contributed by atoms with E-state index in [-0.39, 0.29) is 11.9 Å². The Balaban J connectivity index is 2.58. The van der Waals surface area contributed by atoms with Crippen LogP contribution >= 0.6 is 27.5 Å². The lowest BCUT2D eigenvalue weighted by molar-refractivity contribution is -0.119. The Labute approximate surface area is 102 Å². The molecule has 1 rings (SSSR count). The number of benzene rings is 1. The van der Waals surface area contributed by atoms with Crippen molar-refractivity contribution in [2.45, 2.75) is 19.5 Å². The molecule has 0 saturated heterocycles. The highest BCUT2D eigenvalue weighted by Gasteiger charge is 2.07. The topological polar surface area (TPSA) is 55.1 Å². The van der Waals surface area contributed by atoms with Crippen LogP contribution in [0.2, 0.25) is 5.02 Å². The molecule has 0 radical (unpaired) electrons. The summed E-state index contributed by atoms with van der Waals surface area (Å²) in [5.41, 5.74) is 6.13. The van der Waals surface area contributed by atoms with E-state index in [1.165, 1.54) is 0 Å². The van der Waals surface area contributed by atoms with Gasteiger partial charge in [0.05, 0.1) is 11.1 Å². The summed E-state index contributed by atoms with van der Waals surface area (Å²) in [5, 5.41) is 3.65. The molecule has 0 bridgehead atoms. The molecule has 0 spiro atoms. The van der Waals surface area contributed by atoms with Gasteiger partial charge < -0.3 is 11.1 Å². The largest absolute Gasteiger partial charge is 0.368 e. The molecule has 0 saturated carbocycles. The minimum atomic E-state index is -0.363. The average molecular weight is 292 g/mol. The number of halogens is 2. The Morgan fingerprint density at radius 3 is 2.87 bits per heavy atom. The van der Waals surface area contributed by atoms with Crippen molar-refractivity contribution in [3.63, 3.8) is 0 Å². The van der Waals surface area contributed by atoms with Crippen LogP contribution in [0.1, 0.15) is 12.5 Å². The van der Waals surface area contributed by atoms with Gasteiger partial charge in [-0.2, -0.15) is 0 Å². The summed E-state index contributed by atoms with van der Waals surface area (Å²) in [6.45, 7) is 2.29. The number of hydrogen-bond acceptors (Lipinski definition) is 2. The molecule has 3 N–H and O–H groups in total. The van der Waals surface area contributed by atoms with Gasteiger partial charge in [-0.15, -0.1) is 0 Å². The fourth-order valence-electron chi connectivity index (χ4n) is 1.02. The molecule has 0 aliphatic carbocycles. The van der Waals surface area contributed by atoms with Crippen molar-refractivity contribution in [3.8, 4) is 0 Å². The van der Waals surface area contributed by atoms with E-state index in [9.17, 15) is 4.79 Å². The van der Waals surface area contributed by atoms with Crippen molar-refractivity contribution in [1.29, 1.82) is 0 Å². The second-order valence-corrected chi connectivity index (χ2v) is 4.51. The van der Waals surface area contributed by atoms with Gasteiger partial charge in [0.25, 0.3) is 0 Å². The summed E-state index contributed by atoms with van der Waals surface area (Å²) in [5.74, 6) is -0.363. The fraction of sp³-hybridized carbons (Fsp3) is 0.300. The number of amides is 1. The Morgan fingerprint density at radius 1 is 1.67 bits per heavy atom. The molecule has 0 aromatic heterocycles. The van der Waals surface area contributed by atoms with E-state index < -0.39 is 0 Å². The summed E-state index contributed by atoms with van der Waals surface area (Å²) in [4.78, 5) is 10.8. The van der Waals surface area contributed by atoms with Gasteiger partial charge in [0.1, 0.15) is 0 Å². The van der Waals surface area contributed by atoms with Crippen molar-refractivity contribution in [3.05, 3.63) is 33.3 Å². The second kappa shape index (κ2) is 5.49. The van der Waals surface area contributed by atoms with Crippen LogP contribution in [0.4, 0.5) is 0 Å². The summed E-state index contributed by atoms with van der Waals surface area (Å²) < 4.78 is 0.857. The predicted octanol–water partition coefficient (Wildman–Crippen LogP) is 2.07. The molecular formula is C10H12BrClN2O. The van der Waals surface area contributed by atoms with E-state index in [1.54, 1.807) is 6.92 Å². The zero-order chi connectivity index (χ0) is 11.4.